The summed E-state index contributed by atoms with van der Waals surface area (Å²) in [6.07, 6.45) is 0.805. The summed E-state index contributed by atoms with van der Waals surface area (Å²) in [6, 6.07) is 16.4. The number of hydrogen-bond acceptors (Lipinski definition) is 4. The van der Waals surface area contributed by atoms with E-state index in [0.29, 0.717) is 19.4 Å². The summed E-state index contributed by atoms with van der Waals surface area (Å²) in [7, 11) is 0. The molecule has 2 atom stereocenters. The maximum Gasteiger partial charge on any atom is 0.407 e. The highest BCUT2D eigenvalue weighted by Crippen LogP contribution is 2.44. The lowest BCUT2D eigenvalue weighted by molar-refractivity contribution is -0.148. The van der Waals surface area contributed by atoms with Gasteiger partial charge in [0.1, 0.15) is 6.61 Å². The van der Waals surface area contributed by atoms with Crippen LogP contribution in [0.1, 0.15) is 57.1 Å². The maximum absolute atomic E-state index is 12.3. The molecule has 2 aromatic carbocycles. The Bertz CT molecular complexity index is 992. The number of carboxylic acids is 1. The van der Waals surface area contributed by atoms with Crippen LogP contribution < -0.4 is 10.6 Å². The summed E-state index contributed by atoms with van der Waals surface area (Å²) in [5, 5.41) is 14.8. The highest BCUT2D eigenvalue weighted by Gasteiger charge is 2.31. The lowest BCUT2D eigenvalue weighted by Crippen LogP contribution is -2.40. The van der Waals surface area contributed by atoms with Crippen molar-refractivity contribution in [3.63, 3.8) is 0 Å². The third kappa shape index (κ3) is 5.95. The molecule has 0 fully saturated rings. The molecule has 0 radical (unpaired) electrons. The van der Waals surface area contributed by atoms with Gasteiger partial charge in [0.05, 0.1) is 5.41 Å². The number of carbonyl (C=O) groups is 3. The summed E-state index contributed by atoms with van der Waals surface area (Å²) in [5.41, 5.74) is 3.73. The first kappa shape index (κ1) is 25.3. The third-order valence-electron chi connectivity index (χ3n) is 6.78. The minimum atomic E-state index is -0.965. The van der Waals surface area contributed by atoms with E-state index in [-0.39, 0.29) is 37.3 Å². The van der Waals surface area contributed by atoms with Gasteiger partial charge in [0.25, 0.3) is 0 Å². The summed E-state index contributed by atoms with van der Waals surface area (Å²) < 4.78 is 5.54. The van der Waals surface area contributed by atoms with Gasteiger partial charge in [-0.15, -0.1) is 0 Å². The Kier molecular flexibility index (Phi) is 8.31. The highest BCUT2D eigenvalue weighted by molar-refractivity contribution is 5.79. The van der Waals surface area contributed by atoms with Gasteiger partial charge < -0.3 is 20.5 Å². The summed E-state index contributed by atoms with van der Waals surface area (Å²) in [5.74, 6) is -1.02. The molecular formula is C27H34N2O5. The van der Waals surface area contributed by atoms with Crippen molar-refractivity contribution in [3.8, 4) is 11.1 Å². The molecule has 0 aromatic heterocycles. The van der Waals surface area contributed by atoms with Crippen molar-refractivity contribution in [2.75, 3.05) is 19.7 Å². The van der Waals surface area contributed by atoms with E-state index < -0.39 is 17.5 Å². The van der Waals surface area contributed by atoms with Crippen LogP contribution in [0.15, 0.2) is 48.5 Å². The van der Waals surface area contributed by atoms with Crippen molar-refractivity contribution < 1.29 is 24.2 Å². The standard InChI is InChI=1S/C27H34N2O5/c1-4-27(3,25(31)32)17-29-24(30)14-13-18(2)15-28-26(33)34-16-23-21-11-7-5-9-19(21)20-10-6-8-12-22(20)23/h5-12,18,23H,4,13-17H2,1-3H3,(H,28,33)(H,29,30)(H,31,32). The fourth-order valence-corrected chi connectivity index (χ4v) is 4.12. The number of carboxylic acid groups (broad SMARTS) is 1. The van der Waals surface area contributed by atoms with Crippen LogP contribution in [-0.2, 0) is 14.3 Å². The molecule has 0 bridgehead atoms. The third-order valence-corrected chi connectivity index (χ3v) is 6.78. The smallest absolute Gasteiger partial charge is 0.407 e. The van der Waals surface area contributed by atoms with Crippen LogP contribution in [0.5, 0.6) is 0 Å². The van der Waals surface area contributed by atoms with Crippen LogP contribution in [0.25, 0.3) is 11.1 Å². The zero-order chi connectivity index (χ0) is 24.7. The van der Waals surface area contributed by atoms with Crippen LogP contribution in [0.2, 0.25) is 0 Å². The van der Waals surface area contributed by atoms with Crippen LogP contribution >= 0.6 is 0 Å². The van der Waals surface area contributed by atoms with Crippen LogP contribution in [0, 0.1) is 11.3 Å². The number of amides is 2. The SMILES string of the molecule is CCC(C)(CNC(=O)CCC(C)CNC(=O)OCC1c2ccccc2-c2ccccc21)C(=O)O. The fourth-order valence-electron chi connectivity index (χ4n) is 4.12. The predicted molar refractivity (Wildman–Crippen MR) is 131 cm³/mol. The van der Waals surface area contributed by atoms with Gasteiger partial charge in [-0.3, -0.25) is 9.59 Å². The van der Waals surface area contributed by atoms with Crippen LogP contribution in [0.4, 0.5) is 4.79 Å². The Labute approximate surface area is 200 Å². The second-order valence-corrected chi connectivity index (χ2v) is 9.35. The van der Waals surface area contributed by atoms with Crippen molar-refractivity contribution >= 4 is 18.0 Å². The monoisotopic (exact) mass is 466 g/mol. The molecule has 0 saturated heterocycles. The molecule has 34 heavy (non-hydrogen) atoms. The van der Waals surface area contributed by atoms with Crippen molar-refractivity contribution in [1.29, 1.82) is 0 Å². The lowest BCUT2D eigenvalue weighted by Gasteiger charge is -2.23. The number of nitrogens with one attached hydrogen (secondary N) is 2. The minimum absolute atomic E-state index is 0.0128. The van der Waals surface area contributed by atoms with E-state index in [9.17, 15) is 19.5 Å². The number of ether oxygens (including phenoxy) is 1. The predicted octanol–water partition coefficient (Wildman–Crippen LogP) is 4.56. The van der Waals surface area contributed by atoms with E-state index in [1.807, 2.05) is 31.2 Å². The molecule has 1 aliphatic carbocycles. The molecule has 3 N–H and O–H groups in total. The average molecular weight is 467 g/mol. The summed E-state index contributed by atoms with van der Waals surface area (Å²) in [6.45, 7) is 6.12. The first-order valence-corrected chi connectivity index (χ1v) is 11.8. The number of rotatable bonds is 11. The van der Waals surface area contributed by atoms with Crippen molar-refractivity contribution in [2.45, 2.75) is 46.0 Å². The number of aliphatic carboxylic acids is 1. The second-order valence-electron chi connectivity index (χ2n) is 9.35. The first-order valence-electron chi connectivity index (χ1n) is 11.8. The molecule has 2 unspecified atom stereocenters. The maximum atomic E-state index is 12.3. The second kappa shape index (κ2) is 11.2. The molecule has 3 rings (SSSR count). The normalized spacial score (nSPS) is 14.9. The molecule has 0 heterocycles. The Morgan fingerprint density at radius 3 is 2.18 bits per heavy atom. The van der Waals surface area contributed by atoms with E-state index in [1.165, 1.54) is 11.1 Å². The van der Waals surface area contributed by atoms with Crippen LogP contribution in [-0.4, -0.2) is 42.8 Å². The van der Waals surface area contributed by atoms with Gasteiger partial charge in [-0.2, -0.15) is 0 Å². The quantitative estimate of drug-likeness (QED) is 0.450. The average Bonchev–Trinajstić information content (AvgIpc) is 3.17. The summed E-state index contributed by atoms with van der Waals surface area (Å²) >= 11 is 0. The largest absolute Gasteiger partial charge is 0.481 e. The number of fused-ring (bicyclic) bond motifs is 3. The van der Waals surface area contributed by atoms with Crippen molar-refractivity contribution in [2.24, 2.45) is 11.3 Å². The topological polar surface area (TPSA) is 105 Å². The Morgan fingerprint density at radius 2 is 1.62 bits per heavy atom. The zero-order valence-corrected chi connectivity index (χ0v) is 20.1. The van der Waals surface area contributed by atoms with Gasteiger partial charge in [0.2, 0.25) is 5.91 Å². The van der Waals surface area contributed by atoms with Crippen molar-refractivity contribution in [3.05, 3.63) is 59.7 Å². The summed E-state index contributed by atoms with van der Waals surface area (Å²) in [4.78, 5) is 35.7. The molecule has 0 saturated carbocycles. The zero-order valence-electron chi connectivity index (χ0n) is 20.1. The molecule has 0 aliphatic heterocycles. The lowest BCUT2D eigenvalue weighted by atomic mass is 9.87. The fraction of sp³-hybridized carbons (Fsp3) is 0.444. The van der Waals surface area contributed by atoms with Gasteiger partial charge in [0.15, 0.2) is 0 Å². The molecule has 182 valence electrons. The molecular weight excluding hydrogens is 432 g/mol. The van der Waals surface area contributed by atoms with E-state index in [0.717, 1.165) is 11.1 Å². The number of benzene rings is 2. The molecule has 1 aliphatic rings. The molecule has 2 amide bonds. The minimum Gasteiger partial charge on any atom is -0.481 e. The molecule has 2 aromatic rings. The van der Waals surface area contributed by atoms with E-state index >= 15 is 0 Å². The van der Waals surface area contributed by atoms with Gasteiger partial charge in [0, 0.05) is 25.4 Å². The van der Waals surface area contributed by atoms with E-state index in [4.69, 9.17) is 4.74 Å². The van der Waals surface area contributed by atoms with Gasteiger partial charge >= 0.3 is 12.1 Å². The highest BCUT2D eigenvalue weighted by atomic mass is 16.5. The molecule has 7 heteroatoms. The van der Waals surface area contributed by atoms with Crippen molar-refractivity contribution in [1.82, 2.24) is 10.6 Å². The molecule has 0 spiro atoms. The number of alkyl carbamates (subject to hydrolysis) is 1. The number of hydrogen-bond donors (Lipinski definition) is 3. The Hall–Kier alpha value is -3.35. The van der Waals surface area contributed by atoms with Gasteiger partial charge in [-0.05, 0) is 47.9 Å². The van der Waals surface area contributed by atoms with E-state index in [1.54, 1.807) is 13.8 Å². The Balaban J connectivity index is 1.40. The van der Waals surface area contributed by atoms with Crippen LogP contribution in [0.3, 0.4) is 0 Å². The first-order chi connectivity index (χ1) is 16.2. The Morgan fingerprint density at radius 1 is 1.03 bits per heavy atom. The van der Waals surface area contributed by atoms with E-state index in [2.05, 4.69) is 34.9 Å². The molecule has 7 nitrogen and oxygen atoms in total. The van der Waals surface area contributed by atoms with Gasteiger partial charge in [-0.1, -0.05) is 62.4 Å². The number of carbonyl (C=O) groups excluding carboxylic acids is 2. The van der Waals surface area contributed by atoms with Gasteiger partial charge in [-0.25, -0.2) is 4.79 Å².